The first-order chi connectivity index (χ1) is 41.9. The van der Waals surface area contributed by atoms with Crippen LogP contribution in [0.4, 0.5) is 0 Å². The van der Waals surface area contributed by atoms with Crippen molar-refractivity contribution < 1.29 is 37.3 Å². The average Bonchev–Trinajstić information content (AvgIpc) is 3.67. The number of phosphoric ester groups is 1. The van der Waals surface area contributed by atoms with Gasteiger partial charge in [0.05, 0.1) is 33.8 Å². The molecule has 0 heterocycles. The number of unbranched alkanes of at least 4 members (excludes halogenated alkanes) is 38. The van der Waals surface area contributed by atoms with Crippen LogP contribution in [-0.4, -0.2) is 69.4 Å². The van der Waals surface area contributed by atoms with Gasteiger partial charge in [-0.15, -0.1) is 0 Å². The van der Waals surface area contributed by atoms with Gasteiger partial charge in [0.25, 0.3) is 7.82 Å². The Balaban J connectivity index is 5.03. The van der Waals surface area contributed by atoms with Gasteiger partial charge in [0, 0.05) is 12.8 Å². The minimum atomic E-state index is -4.71. The van der Waals surface area contributed by atoms with E-state index in [-0.39, 0.29) is 24.9 Å². The Kier molecular flexibility index (Phi) is 63.0. The molecule has 3 atom stereocenters. The lowest BCUT2D eigenvalue weighted by molar-refractivity contribution is -0.870. The number of phosphoric acid groups is 1. The number of carbonyl (C=O) groups is 2. The van der Waals surface area contributed by atoms with Crippen LogP contribution in [0.5, 0.6) is 0 Å². The highest BCUT2D eigenvalue weighted by Gasteiger charge is 2.27. The minimum absolute atomic E-state index is 0.0257. The van der Waals surface area contributed by atoms with E-state index in [1.54, 1.807) is 0 Å². The van der Waals surface area contributed by atoms with Crippen molar-refractivity contribution in [2.24, 2.45) is 0 Å². The topological polar surface area (TPSA) is 114 Å². The highest BCUT2D eigenvalue weighted by atomic mass is 31.2. The van der Waals surface area contributed by atoms with E-state index in [2.05, 4.69) is 99.0 Å². The van der Waals surface area contributed by atoms with Gasteiger partial charge in [0.2, 0.25) is 5.91 Å². The third-order valence-electron chi connectivity index (χ3n) is 16.0. The standard InChI is InChI=1S/C76H139N2O7P/c1-7-10-13-16-19-22-25-28-30-32-34-36-37-38-39-40-41-43-44-46-48-50-53-56-59-62-65-68-75(79)77-73(72-84-86(81,82)83-71-70-78(4,5)6)74(67-64-61-58-55-52-27-24-21-18-15-12-9-3)85-76(80)69-66-63-60-57-54-51-49-47-45-42-35-33-31-29-26-23-20-17-14-11-8-2/h19-20,22-23,28-31,34-36,42,64,67,73-74H,7-18,21,24-27,32-33,37-41,43-63,65-66,68-72H2,1-6H3,(H-,77,79,81,82)/b22-19-,23-20-,30-28-,31-29-,36-34-,42-35-,67-64-. The van der Waals surface area contributed by atoms with Gasteiger partial charge in [0.15, 0.2) is 0 Å². The molecule has 0 aromatic carbocycles. The van der Waals surface area contributed by atoms with Crippen LogP contribution in [-0.2, 0) is 27.9 Å². The van der Waals surface area contributed by atoms with Crippen molar-refractivity contribution in [2.45, 2.75) is 348 Å². The highest BCUT2D eigenvalue weighted by Crippen LogP contribution is 2.38. The molecule has 0 aliphatic heterocycles. The fraction of sp³-hybridized carbons (Fsp3) is 0.789. The van der Waals surface area contributed by atoms with E-state index in [1.807, 2.05) is 33.3 Å². The van der Waals surface area contributed by atoms with Crippen molar-refractivity contribution in [3.8, 4) is 0 Å². The highest BCUT2D eigenvalue weighted by molar-refractivity contribution is 7.45. The average molecular weight is 1220 g/mol. The van der Waals surface area contributed by atoms with Crippen molar-refractivity contribution in [3.63, 3.8) is 0 Å². The maximum atomic E-state index is 13.6. The molecule has 0 aliphatic carbocycles. The summed E-state index contributed by atoms with van der Waals surface area (Å²) < 4.78 is 30.5. The molecule has 1 amide bonds. The second-order valence-corrected chi connectivity index (χ2v) is 27.1. The number of amides is 1. The molecule has 9 nitrogen and oxygen atoms in total. The van der Waals surface area contributed by atoms with E-state index >= 15 is 0 Å². The molecule has 0 fully saturated rings. The van der Waals surface area contributed by atoms with Gasteiger partial charge in [-0.05, 0) is 109 Å². The molecule has 0 bridgehead atoms. The van der Waals surface area contributed by atoms with Gasteiger partial charge >= 0.3 is 5.97 Å². The molecule has 10 heteroatoms. The lowest BCUT2D eigenvalue weighted by atomic mass is 10.0. The van der Waals surface area contributed by atoms with Gasteiger partial charge in [-0.25, -0.2) is 0 Å². The molecule has 86 heavy (non-hydrogen) atoms. The van der Waals surface area contributed by atoms with Crippen LogP contribution in [0.1, 0.15) is 335 Å². The lowest BCUT2D eigenvalue weighted by Gasteiger charge is -2.30. The number of likely N-dealkylation sites (N-methyl/N-ethyl adjacent to an activating group) is 1. The second-order valence-electron chi connectivity index (χ2n) is 25.7. The summed E-state index contributed by atoms with van der Waals surface area (Å²) in [5, 5.41) is 3.04. The van der Waals surface area contributed by atoms with Crippen LogP contribution in [0.3, 0.4) is 0 Å². The summed E-state index contributed by atoms with van der Waals surface area (Å²) in [6.45, 7) is 6.81. The molecule has 0 aromatic heterocycles. The molecule has 0 saturated carbocycles. The number of quaternary nitrogens is 1. The normalized spacial score (nSPS) is 14.0. The lowest BCUT2D eigenvalue weighted by Crippen LogP contribution is -2.47. The number of hydrogen-bond acceptors (Lipinski definition) is 7. The van der Waals surface area contributed by atoms with Crippen LogP contribution in [0, 0.1) is 0 Å². The Bertz CT molecular complexity index is 1750. The number of rotatable bonds is 66. The third kappa shape index (κ3) is 65.6. The maximum absolute atomic E-state index is 13.6. The van der Waals surface area contributed by atoms with Crippen molar-refractivity contribution in [1.29, 1.82) is 0 Å². The van der Waals surface area contributed by atoms with Crippen molar-refractivity contribution in [1.82, 2.24) is 5.32 Å². The van der Waals surface area contributed by atoms with E-state index in [9.17, 15) is 19.0 Å². The number of ether oxygens (including phenoxy) is 1. The van der Waals surface area contributed by atoms with Gasteiger partial charge in [0.1, 0.15) is 19.3 Å². The molecule has 0 radical (unpaired) electrons. The molecule has 1 N–H and O–H groups in total. The fourth-order valence-corrected chi connectivity index (χ4v) is 11.1. The summed E-state index contributed by atoms with van der Waals surface area (Å²) in [5.74, 6) is -0.542. The van der Waals surface area contributed by atoms with Gasteiger partial charge in [-0.1, -0.05) is 299 Å². The monoisotopic (exact) mass is 1220 g/mol. The zero-order valence-corrected chi connectivity index (χ0v) is 58.2. The fourth-order valence-electron chi connectivity index (χ4n) is 10.4. The number of nitrogens with one attached hydrogen (secondary N) is 1. The van der Waals surface area contributed by atoms with Crippen molar-refractivity contribution >= 4 is 19.7 Å². The van der Waals surface area contributed by atoms with Crippen LogP contribution < -0.4 is 10.2 Å². The molecule has 500 valence electrons. The predicted octanol–water partition coefficient (Wildman–Crippen LogP) is 22.7. The summed E-state index contributed by atoms with van der Waals surface area (Å²) in [6.07, 6.45) is 87.0. The van der Waals surface area contributed by atoms with Crippen molar-refractivity contribution in [3.05, 3.63) is 85.1 Å². The van der Waals surface area contributed by atoms with Crippen LogP contribution in [0.2, 0.25) is 0 Å². The zero-order valence-electron chi connectivity index (χ0n) is 57.3. The van der Waals surface area contributed by atoms with Crippen LogP contribution in [0.25, 0.3) is 0 Å². The van der Waals surface area contributed by atoms with Gasteiger partial charge in [-0.2, -0.15) is 0 Å². The minimum Gasteiger partial charge on any atom is -0.756 e. The Morgan fingerprint density at radius 2 is 0.709 bits per heavy atom. The van der Waals surface area contributed by atoms with Gasteiger partial charge in [-0.3, -0.25) is 14.2 Å². The molecule has 0 aromatic rings. The summed E-state index contributed by atoms with van der Waals surface area (Å²) in [6, 6.07) is -0.896. The van der Waals surface area contributed by atoms with Crippen molar-refractivity contribution in [2.75, 3.05) is 40.9 Å². The summed E-state index contributed by atoms with van der Waals surface area (Å²) >= 11 is 0. The smallest absolute Gasteiger partial charge is 0.306 e. The molecule has 3 unspecified atom stereocenters. The molecular formula is C76H139N2O7P. The van der Waals surface area contributed by atoms with E-state index in [0.29, 0.717) is 17.4 Å². The Labute approximate surface area is 533 Å². The molecular weight excluding hydrogens is 1080 g/mol. The summed E-state index contributed by atoms with van der Waals surface area (Å²) in [5.41, 5.74) is 0. The van der Waals surface area contributed by atoms with Crippen LogP contribution in [0.15, 0.2) is 85.1 Å². The number of hydrogen-bond donors (Lipinski definition) is 1. The molecule has 0 aliphatic rings. The van der Waals surface area contributed by atoms with E-state index < -0.39 is 26.6 Å². The Morgan fingerprint density at radius 3 is 1.08 bits per heavy atom. The Morgan fingerprint density at radius 1 is 0.407 bits per heavy atom. The summed E-state index contributed by atoms with van der Waals surface area (Å²) in [7, 11) is 1.18. The SMILES string of the molecule is CCCCC/C=C\C/C=C\C/C=C\CCCCCCCCCCCCCCCCC(=O)NC(COP(=O)([O-])OCC[N+](C)(C)C)C(/C=C\CCCCCCCCCCCC)OC(=O)CCCCCCCCCC/C=C\C/C=C\C/C=C\CCCCC. The first-order valence-electron chi connectivity index (χ1n) is 36.4. The predicted molar refractivity (Wildman–Crippen MR) is 371 cm³/mol. The summed E-state index contributed by atoms with van der Waals surface area (Å²) in [4.78, 5) is 40.2. The maximum Gasteiger partial charge on any atom is 0.306 e. The molecule has 0 saturated heterocycles. The second kappa shape index (κ2) is 65.2. The largest absolute Gasteiger partial charge is 0.756 e. The zero-order chi connectivity index (χ0) is 62.8. The van der Waals surface area contributed by atoms with Gasteiger partial charge < -0.3 is 28.5 Å². The first-order valence-corrected chi connectivity index (χ1v) is 37.9. The first kappa shape index (κ1) is 83.2. The third-order valence-corrected chi connectivity index (χ3v) is 17.0. The molecule has 0 spiro atoms. The number of carbonyl (C=O) groups excluding carboxylic acids is 2. The quantitative estimate of drug-likeness (QED) is 0.0212. The number of nitrogens with zero attached hydrogens (tertiary/aromatic N) is 1. The number of esters is 1. The Hall–Kier alpha value is -2.81. The molecule has 0 rings (SSSR count). The number of allylic oxidation sites excluding steroid dienone is 13. The van der Waals surface area contributed by atoms with E-state index in [4.69, 9.17) is 13.8 Å². The van der Waals surface area contributed by atoms with E-state index in [0.717, 1.165) is 96.3 Å². The van der Waals surface area contributed by atoms with E-state index in [1.165, 1.54) is 205 Å². The van der Waals surface area contributed by atoms with Crippen LogP contribution >= 0.6 is 7.82 Å².